The van der Waals surface area contributed by atoms with E-state index in [2.05, 4.69) is 16.1 Å². The van der Waals surface area contributed by atoms with Crippen molar-refractivity contribution in [1.29, 1.82) is 0 Å². The van der Waals surface area contributed by atoms with Gasteiger partial charge in [0.15, 0.2) is 0 Å². The molecular weight excluding hydrogens is 372 g/mol. The van der Waals surface area contributed by atoms with Gasteiger partial charge in [-0.05, 0) is 29.7 Å². The molecule has 0 unspecified atom stereocenters. The number of imide groups is 1. The monoisotopic (exact) mass is 394 g/mol. The van der Waals surface area contributed by atoms with Crippen LogP contribution in [0.25, 0.3) is 0 Å². The van der Waals surface area contributed by atoms with E-state index in [0.717, 1.165) is 5.01 Å². The summed E-state index contributed by atoms with van der Waals surface area (Å²) in [5.41, 5.74) is 3.14. The standard InChI is InChI=1S/C21H22N4O4/c1-3-21(16-7-5-4-6-8-16)19(28)25(20(29)23-21)24-18(27)13-15-9-11-17(12-10-15)22-14(2)26/h4-12H,3,13H2,1-2H3,(H,22,26)(H,23,29)(H,24,27)/t21-/m0/s1. The van der Waals surface area contributed by atoms with Crippen LogP contribution in [0.2, 0.25) is 0 Å². The van der Waals surface area contributed by atoms with Crippen LogP contribution in [0.3, 0.4) is 0 Å². The van der Waals surface area contributed by atoms with Crippen molar-refractivity contribution < 1.29 is 19.2 Å². The van der Waals surface area contributed by atoms with Gasteiger partial charge in [-0.25, -0.2) is 4.79 Å². The third-order valence-electron chi connectivity index (χ3n) is 4.76. The van der Waals surface area contributed by atoms with Crippen LogP contribution in [-0.4, -0.2) is 28.8 Å². The van der Waals surface area contributed by atoms with Gasteiger partial charge in [0.05, 0.1) is 6.42 Å². The fourth-order valence-corrected chi connectivity index (χ4v) is 3.30. The minimum Gasteiger partial charge on any atom is -0.326 e. The molecule has 1 atom stereocenters. The summed E-state index contributed by atoms with van der Waals surface area (Å²) in [7, 11) is 0. The first-order valence-corrected chi connectivity index (χ1v) is 9.24. The van der Waals surface area contributed by atoms with Crippen LogP contribution in [0.5, 0.6) is 0 Å². The molecule has 1 aliphatic rings. The number of nitrogens with zero attached hydrogens (tertiary/aromatic N) is 1. The quantitative estimate of drug-likeness (QED) is 0.652. The zero-order chi connectivity index (χ0) is 21.0. The number of anilines is 1. The Bertz CT molecular complexity index is 943. The molecule has 2 aromatic carbocycles. The zero-order valence-corrected chi connectivity index (χ0v) is 16.2. The third-order valence-corrected chi connectivity index (χ3v) is 4.76. The van der Waals surface area contributed by atoms with Gasteiger partial charge in [-0.15, -0.1) is 0 Å². The van der Waals surface area contributed by atoms with E-state index in [4.69, 9.17) is 0 Å². The van der Waals surface area contributed by atoms with Crippen molar-refractivity contribution in [2.75, 3.05) is 5.32 Å². The molecule has 5 amide bonds. The van der Waals surface area contributed by atoms with Gasteiger partial charge in [0.2, 0.25) is 11.8 Å². The largest absolute Gasteiger partial charge is 0.344 e. The number of carbonyl (C=O) groups excluding carboxylic acids is 4. The summed E-state index contributed by atoms with van der Waals surface area (Å²) in [4.78, 5) is 48.9. The predicted molar refractivity (Wildman–Crippen MR) is 106 cm³/mol. The Hall–Kier alpha value is -3.68. The molecule has 1 aliphatic heterocycles. The van der Waals surface area contributed by atoms with Crippen molar-refractivity contribution >= 4 is 29.4 Å². The first-order chi connectivity index (χ1) is 13.9. The van der Waals surface area contributed by atoms with Gasteiger partial charge in [0.1, 0.15) is 5.54 Å². The van der Waals surface area contributed by atoms with E-state index < -0.39 is 23.4 Å². The second kappa shape index (κ2) is 8.14. The Morgan fingerprint density at radius 3 is 2.28 bits per heavy atom. The smallest absolute Gasteiger partial charge is 0.326 e. The number of benzene rings is 2. The minimum absolute atomic E-state index is 0.0259. The van der Waals surface area contributed by atoms with E-state index in [-0.39, 0.29) is 12.3 Å². The highest BCUT2D eigenvalue weighted by molar-refractivity contribution is 6.08. The maximum absolute atomic E-state index is 13.0. The van der Waals surface area contributed by atoms with Gasteiger partial charge in [-0.2, -0.15) is 5.01 Å². The fourth-order valence-electron chi connectivity index (χ4n) is 3.30. The van der Waals surface area contributed by atoms with Gasteiger partial charge in [-0.1, -0.05) is 49.4 Å². The van der Waals surface area contributed by atoms with Crippen molar-refractivity contribution in [3.63, 3.8) is 0 Å². The van der Waals surface area contributed by atoms with Crippen molar-refractivity contribution in [3.8, 4) is 0 Å². The summed E-state index contributed by atoms with van der Waals surface area (Å²) in [5, 5.41) is 6.09. The number of amides is 5. The Morgan fingerprint density at radius 1 is 1.03 bits per heavy atom. The normalized spacial score (nSPS) is 18.3. The fraction of sp³-hybridized carbons (Fsp3) is 0.238. The molecule has 1 heterocycles. The van der Waals surface area contributed by atoms with Crippen LogP contribution >= 0.6 is 0 Å². The van der Waals surface area contributed by atoms with Crippen molar-refractivity contribution in [3.05, 3.63) is 65.7 Å². The first-order valence-electron chi connectivity index (χ1n) is 9.24. The van der Waals surface area contributed by atoms with E-state index in [1.165, 1.54) is 6.92 Å². The molecule has 29 heavy (non-hydrogen) atoms. The number of hydrogen-bond donors (Lipinski definition) is 3. The summed E-state index contributed by atoms with van der Waals surface area (Å²) in [5.74, 6) is -1.21. The Kier molecular flexibility index (Phi) is 5.63. The summed E-state index contributed by atoms with van der Waals surface area (Å²) in [6.45, 7) is 3.21. The number of hydrazine groups is 1. The van der Waals surface area contributed by atoms with Gasteiger partial charge < -0.3 is 10.6 Å². The van der Waals surface area contributed by atoms with Gasteiger partial charge in [-0.3, -0.25) is 19.8 Å². The van der Waals surface area contributed by atoms with Gasteiger partial charge in [0.25, 0.3) is 5.91 Å². The number of carbonyl (C=O) groups is 4. The first kappa shape index (κ1) is 20.1. The summed E-state index contributed by atoms with van der Waals surface area (Å²) in [6.07, 6.45) is 0.320. The van der Waals surface area contributed by atoms with Crippen LogP contribution in [0, 0.1) is 0 Å². The summed E-state index contributed by atoms with van der Waals surface area (Å²) in [6, 6.07) is 15.0. The molecular formula is C21H22N4O4. The second-order valence-electron chi connectivity index (χ2n) is 6.79. The molecule has 1 fully saturated rings. The molecule has 150 valence electrons. The number of urea groups is 1. The van der Waals surface area contributed by atoms with Crippen LogP contribution in [0.1, 0.15) is 31.4 Å². The van der Waals surface area contributed by atoms with Gasteiger partial charge in [0, 0.05) is 12.6 Å². The lowest BCUT2D eigenvalue weighted by Crippen LogP contribution is -2.49. The number of rotatable bonds is 6. The van der Waals surface area contributed by atoms with Crippen LogP contribution < -0.4 is 16.1 Å². The average Bonchev–Trinajstić information content (AvgIpc) is 2.95. The molecule has 3 rings (SSSR count). The molecule has 8 nitrogen and oxygen atoms in total. The molecule has 0 saturated carbocycles. The second-order valence-corrected chi connectivity index (χ2v) is 6.79. The van der Waals surface area contributed by atoms with E-state index in [9.17, 15) is 19.2 Å². The highest BCUT2D eigenvalue weighted by Crippen LogP contribution is 2.31. The molecule has 0 radical (unpaired) electrons. The third kappa shape index (κ3) is 4.11. The molecule has 2 aromatic rings. The van der Waals surface area contributed by atoms with Crippen LogP contribution in [0.15, 0.2) is 54.6 Å². The minimum atomic E-state index is -1.20. The molecule has 3 N–H and O–H groups in total. The lowest BCUT2D eigenvalue weighted by molar-refractivity contribution is -0.139. The lowest BCUT2D eigenvalue weighted by Gasteiger charge is -2.25. The predicted octanol–water partition coefficient (Wildman–Crippen LogP) is 2.08. The zero-order valence-electron chi connectivity index (χ0n) is 16.2. The Morgan fingerprint density at radius 2 is 1.69 bits per heavy atom. The van der Waals surface area contributed by atoms with Crippen LogP contribution in [-0.2, 0) is 26.3 Å². The Balaban J connectivity index is 1.70. The topological polar surface area (TPSA) is 108 Å². The van der Waals surface area contributed by atoms with Crippen molar-refractivity contribution in [1.82, 2.24) is 15.8 Å². The van der Waals surface area contributed by atoms with E-state index in [1.54, 1.807) is 55.5 Å². The van der Waals surface area contributed by atoms with E-state index in [0.29, 0.717) is 23.2 Å². The van der Waals surface area contributed by atoms with Crippen molar-refractivity contribution in [2.24, 2.45) is 0 Å². The highest BCUT2D eigenvalue weighted by atomic mass is 16.2. The van der Waals surface area contributed by atoms with E-state index >= 15 is 0 Å². The van der Waals surface area contributed by atoms with Crippen LogP contribution in [0.4, 0.5) is 10.5 Å². The molecule has 8 heteroatoms. The highest BCUT2D eigenvalue weighted by Gasteiger charge is 2.52. The molecule has 1 saturated heterocycles. The van der Waals surface area contributed by atoms with Crippen molar-refractivity contribution in [2.45, 2.75) is 32.2 Å². The molecule has 0 spiro atoms. The average molecular weight is 394 g/mol. The summed E-state index contributed by atoms with van der Waals surface area (Å²) < 4.78 is 0. The molecule has 0 aromatic heterocycles. The Labute approximate surface area is 168 Å². The van der Waals surface area contributed by atoms with Gasteiger partial charge >= 0.3 is 6.03 Å². The molecule has 0 aliphatic carbocycles. The number of hydrogen-bond acceptors (Lipinski definition) is 4. The number of nitrogens with one attached hydrogen (secondary N) is 3. The lowest BCUT2D eigenvalue weighted by atomic mass is 9.87. The summed E-state index contributed by atoms with van der Waals surface area (Å²) >= 11 is 0. The molecule has 0 bridgehead atoms. The maximum Gasteiger partial charge on any atom is 0.344 e. The van der Waals surface area contributed by atoms with E-state index in [1.807, 2.05) is 6.07 Å². The maximum atomic E-state index is 13.0. The SMILES string of the molecule is CC[C@@]1(c2ccccc2)NC(=O)N(NC(=O)Cc2ccc(NC(C)=O)cc2)C1=O.